The Balaban J connectivity index is 1.87. The predicted molar refractivity (Wildman–Crippen MR) is 126 cm³/mol. The van der Waals surface area contributed by atoms with Crippen LogP contribution in [-0.2, 0) is 0 Å². The molecule has 3 aromatic rings. The molecule has 1 unspecified atom stereocenters. The van der Waals surface area contributed by atoms with Gasteiger partial charge in [-0.15, -0.1) is 0 Å². The van der Waals surface area contributed by atoms with Gasteiger partial charge in [-0.2, -0.15) is 9.61 Å². The molecule has 0 aliphatic rings. The van der Waals surface area contributed by atoms with Crippen molar-refractivity contribution in [2.75, 3.05) is 11.9 Å². The first-order valence-electron chi connectivity index (χ1n) is 9.87. The summed E-state index contributed by atoms with van der Waals surface area (Å²) >= 11 is 3.57. The number of benzene rings is 1. The summed E-state index contributed by atoms with van der Waals surface area (Å²) in [5.74, 6) is 1.29. The molecule has 0 saturated heterocycles. The van der Waals surface area contributed by atoms with Gasteiger partial charge in [0, 0.05) is 18.2 Å². The minimum Gasteiger partial charge on any atom is -0.369 e. The first-order valence-corrected chi connectivity index (χ1v) is 10.7. The second kappa shape index (κ2) is 9.70. The average molecular weight is 451 g/mol. The zero-order chi connectivity index (χ0) is 20.8. The molecule has 0 amide bonds. The summed E-state index contributed by atoms with van der Waals surface area (Å²) < 4.78 is 2.73. The highest BCUT2D eigenvalue weighted by molar-refractivity contribution is 9.10. The number of rotatable bonds is 8. The van der Waals surface area contributed by atoms with Crippen LogP contribution in [0.1, 0.15) is 25.8 Å². The highest BCUT2D eigenvalue weighted by atomic mass is 79.9. The van der Waals surface area contributed by atoms with Crippen LogP contribution in [0.2, 0.25) is 0 Å². The van der Waals surface area contributed by atoms with Crippen molar-refractivity contribution in [3.8, 4) is 11.3 Å². The fraction of sp³-hybridized carbons (Fsp3) is 0.250. The van der Waals surface area contributed by atoms with Gasteiger partial charge in [-0.1, -0.05) is 69.0 Å². The number of fused-ring (bicyclic) bond motifs is 1. The number of aromatic nitrogens is 3. The zero-order valence-electron chi connectivity index (χ0n) is 17.2. The lowest BCUT2D eigenvalue weighted by Crippen LogP contribution is -2.13. The monoisotopic (exact) mass is 450 g/mol. The fourth-order valence-corrected chi connectivity index (χ4v) is 3.47. The predicted octanol–water partition coefficient (Wildman–Crippen LogP) is 6.59. The summed E-state index contributed by atoms with van der Waals surface area (Å²) in [6, 6.07) is 10.4. The number of hydrogen-bond donors (Lipinski definition) is 1. The van der Waals surface area contributed by atoms with Crippen LogP contribution in [-0.4, -0.2) is 21.1 Å². The number of aryl methyl sites for hydroxylation is 1. The third-order valence-corrected chi connectivity index (χ3v) is 5.39. The van der Waals surface area contributed by atoms with E-state index in [0.717, 1.165) is 40.2 Å². The Morgan fingerprint density at radius 2 is 2.14 bits per heavy atom. The molecule has 0 saturated carbocycles. The maximum atomic E-state index is 4.83. The van der Waals surface area contributed by atoms with E-state index in [1.165, 1.54) is 11.1 Å². The second-order valence-electron chi connectivity index (χ2n) is 7.12. The fourth-order valence-electron chi connectivity index (χ4n) is 3.12. The summed E-state index contributed by atoms with van der Waals surface area (Å²) in [6.07, 6.45) is 11.1. The van der Waals surface area contributed by atoms with E-state index in [2.05, 4.69) is 90.1 Å². The summed E-state index contributed by atoms with van der Waals surface area (Å²) in [5, 5.41) is 8.02. The number of halogens is 1. The van der Waals surface area contributed by atoms with Gasteiger partial charge in [-0.25, -0.2) is 4.98 Å². The highest BCUT2D eigenvalue weighted by Gasteiger charge is 2.13. The van der Waals surface area contributed by atoms with Crippen molar-refractivity contribution in [1.29, 1.82) is 0 Å². The summed E-state index contributed by atoms with van der Waals surface area (Å²) in [5.41, 5.74) is 5.34. The van der Waals surface area contributed by atoms with E-state index < -0.39 is 0 Å². The number of allylic oxidation sites excluding steroid dienone is 4. The molecule has 0 aliphatic heterocycles. The molecule has 0 aliphatic carbocycles. The number of nitrogens with zero attached hydrogens (tertiary/aromatic N) is 3. The van der Waals surface area contributed by atoms with E-state index >= 15 is 0 Å². The van der Waals surface area contributed by atoms with Crippen molar-refractivity contribution >= 4 is 27.4 Å². The Kier molecular flexibility index (Phi) is 7.04. The second-order valence-corrected chi connectivity index (χ2v) is 7.97. The number of nitrogens with one attached hydrogen (secondary N) is 1. The topological polar surface area (TPSA) is 42.2 Å². The molecular weight excluding hydrogens is 424 g/mol. The van der Waals surface area contributed by atoms with Gasteiger partial charge < -0.3 is 5.32 Å². The first kappa shape index (κ1) is 21.1. The van der Waals surface area contributed by atoms with Crippen molar-refractivity contribution in [3.63, 3.8) is 0 Å². The minimum atomic E-state index is 0.360. The van der Waals surface area contributed by atoms with E-state index in [1.807, 2.05) is 22.7 Å². The van der Waals surface area contributed by atoms with E-state index in [0.29, 0.717) is 5.92 Å². The van der Waals surface area contributed by atoms with Crippen molar-refractivity contribution < 1.29 is 0 Å². The average Bonchev–Trinajstić information content (AvgIpc) is 3.10. The van der Waals surface area contributed by atoms with Gasteiger partial charge in [-0.05, 0) is 46.3 Å². The molecule has 29 heavy (non-hydrogen) atoms. The summed E-state index contributed by atoms with van der Waals surface area (Å²) in [6.45, 7) is 11.0. The molecule has 0 fully saturated rings. The zero-order valence-corrected chi connectivity index (χ0v) is 18.8. The molecule has 0 radical (unpaired) electrons. The molecular formula is C24H27BrN4. The van der Waals surface area contributed by atoms with E-state index in [9.17, 15) is 0 Å². The number of hydrogen-bond acceptors (Lipinski definition) is 3. The van der Waals surface area contributed by atoms with E-state index in [-0.39, 0.29) is 0 Å². The number of anilines is 1. The Labute approximate surface area is 181 Å². The van der Waals surface area contributed by atoms with Crippen LogP contribution in [0, 0.1) is 12.8 Å². The quantitative estimate of drug-likeness (QED) is 0.393. The van der Waals surface area contributed by atoms with Crippen molar-refractivity contribution in [1.82, 2.24) is 14.6 Å². The third kappa shape index (κ3) is 5.04. The van der Waals surface area contributed by atoms with Crippen LogP contribution >= 0.6 is 15.9 Å². The molecule has 2 heterocycles. The van der Waals surface area contributed by atoms with E-state index in [4.69, 9.17) is 4.98 Å². The van der Waals surface area contributed by atoms with Crippen LogP contribution in [0.15, 0.2) is 77.5 Å². The van der Waals surface area contributed by atoms with Crippen LogP contribution in [0.3, 0.4) is 0 Å². The first-order chi connectivity index (χ1) is 14.0. The smallest absolute Gasteiger partial charge is 0.172 e. The summed E-state index contributed by atoms with van der Waals surface area (Å²) in [7, 11) is 0. The molecule has 1 atom stereocenters. The van der Waals surface area contributed by atoms with Crippen LogP contribution in [0.4, 0.5) is 5.82 Å². The Hall–Kier alpha value is -2.66. The van der Waals surface area contributed by atoms with Gasteiger partial charge >= 0.3 is 0 Å². The van der Waals surface area contributed by atoms with Gasteiger partial charge in [-0.3, -0.25) is 0 Å². The molecule has 1 N–H and O–H groups in total. The molecule has 2 aromatic heterocycles. The maximum absolute atomic E-state index is 4.83. The van der Waals surface area contributed by atoms with Gasteiger partial charge in [0.2, 0.25) is 0 Å². The van der Waals surface area contributed by atoms with Crippen LogP contribution in [0.25, 0.3) is 16.9 Å². The SMILES string of the molecule is C=C/C=C(\C=C/C(C)CNc1cc(-c2ccccc2C)nc2c(Br)cnn12)CC. The van der Waals surface area contributed by atoms with Gasteiger partial charge in [0.25, 0.3) is 0 Å². The molecule has 5 heteroatoms. The minimum absolute atomic E-state index is 0.360. The Morgan fingerprint density at radius 1 is 1.34 bits per heavy atom. The molecule has 3 rings (SSSR count). The lowest BCUT2D eigenvalue weighted by atomic mass is 10.1. The lowest BCUT2D eigenvalue weighted by Gasteiger charge is -2.14. The normalized spacial score (nSPS) is 13.2. The van der Waals surface area contributed by atoms with Gasteiger partial charge in [0.15, 0.2) is 5.65 Å². The molecule has 150 valence electrons. The Bertz CT molecular complexity index is 1060. The van der Waals surface area contributed by atoms with Gasteiger partial charge in [0.1, 0.15) is 5.82 Å². The molecule has 0 bridgehead atoms. The molecule has 0 spiro atoms. The lowest BCUT2D eigenvalue weighted by molar-refractivity contribution is 0.759. The largest absolute Gasteiger partial charge is 0.369 e. The Morgan fingerprint density at radius 3 is 2.86 bits per heavy atom. The van der Waals surface area contributed by atoms with Crippen LogP contribution < -0.4 is 5.32 Å². The molecule has 1 aromatic carbocycles. The summed E-state index contributed by atoms with van der Waals surface area (Å²) in [4.78, 5) is 4.83. The van der Waals surface area contributed by atoms with Crippen molar-refractivity contribution in [2.45, 2.75) is 27.2 Å². The van der Waals surface area contributed by atoms with Crippen LogP contribution in [0.5, 0.6) is 0 Å². The van der Waals surface area contributed by atoms with Crippen molar-refractivity contribution in [3.05, 3.63) is 83.0 Å². The maximum Gasteiger partial charge on any atom is 0.172 e. The standard InChI is InChI=1S/C24H27BrN4/c1-5-9-19(6-2)13-12-17(3)15-26-23-14-22(20-11-8-7-10-18(20)4)28-24-21(25)16-27-29(23)24/h5,7-14,16-17,26H,1,6,15H2,2-4H3/b13-12-,19-9-. The van der Waals surface area contributed by atoms with E-state index in [1.54, 1.807) is 6.20 Å². The van der Waals surface area contributed by atoms with Crippen molar-refractivity contribution in [2.24, 2.45) is 5.92 Å². The van der Waals surface area contributed by atoms with Gasteiger partial charge in [0.05, 0.1) is 16.4 Å². The third-order valence-electron chi connectivity index (χ3n) is 4.83. The highest BCUT2D eigenvalue weighted by Crippen LogP contribution is 2.27. The molecule has 4 nitrogen and oxygen atoms in total.